The average molecular weight is 607 g/mol. The van der Waals surface area contributed by atoms with Gasteiger partial charge in [0.25, 0.3) is 11.8 Å². The fraction of sp³-hybridized carbons (Fsp3) is 0.344. The molecule has 2 aromatic carbocycles. The Bertz CT molecular complexity index is 1680. The first-order chi connectivity index (χ1) is 19.9. The zero-order chi connectivity index (χ0) is 30.2. The predicted molar refractivity (Wildman–Crippen MR) is 165 cm³/mol. The molecule has 0 saturated carbocycles. The molecule has 2 aliphatic rings. The quantitative estimate of drug-likeness (QED) is 0.377. The van der Waals surface area contributed by atoms with E-state index < -0.39 is 9.84 Å². The van der Waals surface area contributed by atoms with Crippen LogP contribution in [0.1, 0.15) is 49.5 Å². The maximum absolute atomic E-state index is 13.2. The first-order valence-corrected chi connectivity index (χ1v) is 16.2. The maximum atomic E-state index is 13.2. The Morgan fingerprint density at radius 1 is 1.05 bits per heavy atom. The van der Waals surface area contributed by atoms with Gasteiger partial charge in [0.2, 0.25) is 0 Å². The van der Waals surface area contributed by atoms with Crippen molar-refractivity contribution in [3.63, 3.8) is 0 Å². The third-order valence-electron chi connectivity index (χ3n) is 8.07. The zero-order valence-electron chi connectivity index (χ0n) is 24.3. The van der Waals surface area contributed by atoms with E-state index in [9.17, 15) is 18.0 Å². The number of amides is 2. The van der Waals surface area contributed by atoms with Crippen LogP contribution < -0.4 is 5.32 Å². The number of sulfone groups is 1. The van der Waals surface area contributed by atoms with Crippen LogP contribution in [0.4, 0.5) is 5.69 Å². The van der Waals surface area contributed by atoms with Crippen molar-refractivity contribution < 1.29 is 18.0 Å². The van der Waals surface area contributed by atoms with E-state index in [0.29, 0.717) is 46.3 Å². The number of aryl methyl sites for hydroxylation is 4. The number of rotatable bonds is 8. The molecule has 1 atom stereocenters. The van der Waals surface area contributed by atoms with E-state index in [2.05, 4.69) is 15.2 Å². The van der Waals surface area contributed by atoms with Gasteiger partial charge in [0, 0.05) is 60.5 Å². The lowest BCUT2D eigenvalue weighted by Gasteiger charge is -2.21. The Morgan fingerprint density at radius 2 is 1.83 bits per heavy atom. The number of halogens is 1. The number of benzene rings is 2. The molecule has 3 heterocycles. The number of fused-ring (bicyclic) bond motifs is 1. The second-order valence-electron chi connectivity index (χ2n) is 11.3. The van der Waals surface area contributed by atoms with Crippen LogP contribution in [0.3, 0.4) is 0 Å². The van der Waals surface area contributed by atoms with E-state index >= 15 is 0 Å². The van der Waals surface area contributed by atoms with Crippen LogP contribution in [-0.4, -0.2) is 67.5 Å². The van der Waals surface area contributed by atoms with Gasteiger partial charge in [-0.05, 0) is 98.8 Å². The summed E-state index contributed by atoms with van der Waals surface area (Å²) in [5, 5.41) is 3.44. The lowest BCUT2D eigenvalue weighted by Crippen LogP contribution is -2.31. The van der Waals surface area contributed by atoms with E-state index in [1.54, 1.807) is 30.5 Å². The molecule has 3 aromatic rings. The van der Waals surface area contributed by atoms with Gasteiger partial charge in [-0.15, -0.1) is 0 Å². The van der Waals surface area contributed by atoms with Gasteiger partial charge in [-0.3, -0.25) is 19.5 Å². The first-order valence-electron chi connectivity index (χ1n) is 14.0. The number of anilines is 1. The highest BCUT2D eigenvalue weighted by Gasteiger charge is 2.36. The molecule has 0 bridgehead atoms. The molecule has 1 aromatic heterocycles. The van der Waals surface area contributed by atoms with Gasteiger partial charge in [0.15, 0.2) is 9.84 Å². The minimum atomic E-state index is -3.43. The molecule has 0 spiro atoms. The molecule has 1 saturated heterocycles. The van der Waals surface area contributed by atoms with Gasteiger partial charge in [0.1, 0.15) is 0 Å². The zero-order valence-corrected chi connectivity index (χ0v) is 25.8. The van der Waals surface area contributed by atoms with Crippen molar-refractivity contribution in [2.24, 2.45) is 5.92 Å². The van der Waals surface area contributed by atoms with Crippen LogP contribution in [0.5, 0.6) is 0 Å². The van der Waals surface area contributed by atoms with Crippen molar-refractivity contribution >= 4 is 38.9 Å². The average Bonchev–Trinajstić information content (AvgIpc) is 3.49. The third-order valence-corrected chi connectivity index (χ3v) is 9.59. The summed E-state index contributed by atoms with van der Waals surface area (Å²) in [7, 11) is -3.43. The number of carbonyl (C=O) groups is 2. The Labute approximate surface area is 252 Å². The molecular weight excluding hydrogens is 572 g/mol. The molecule has 1 N–H and O–H groups in total. The van der Waals surface area contributed by atoms with Crippen LogP contribution in [-0.2, 0) is 16.3 Å². The summed E-state index contributed by atoms with van der Waals surface area (Å²) in [5.74, 6) is -0.0202. The number of nitrogens with one attached hydrogen (secondary N) is 1. The van der Waals surface area contributed by atoms with Crippen molar-refractivity contribution in [3.8, 4) is 0 Å². The SMILES string of the molecule is Cc1ccc(NC(=O)c2ccc(S(C)(=O)=O)cc2CCCN2CC3=CN(C(=O)c4c(C)ccnc4C)CC3C2)cc1Cl. The van der Waals surface area contributed by atoms with Gasteiger partial charge >= 0.3 is 0 Å². The molecule has 5 rings (SSSR count). The highest BCUT2D eigenvalue weighted by Crippen LogP contribution is 2.31. The summed E-state index contributed by atoms with van der Waals surface area (Å²) < 4.78 is 24.5. The number of aromatic nitrogens is 1. The van der Waals surface area contributed by atoms with E-state index in [-0.39, 0.29) is 16.7 Å². The van der Waals surface area contributed by atoms with E-state index in [0.717, 1.165) is 42.9 Å². The molecule has 42 heavy (non-hydrogen) atoms. The lowest BCUT2D eigenvalue weighted by atomic mass is 10.0. The molecule has 0 radical (unpaired) electrons. The highest BCUT2D eigenvalue weighted by molar-refractivity contribution is 7.90. The molecule has 0 aliphatic carbocycles. The third kappa shape index (κ3) is 6.43. The Kier molecular flexibility index (Phi) is 8.55. The van der Waals surface area contributed by atoms with Gasteiger partial charge in [-0.25, -0.2) is 8.42 Å². The molecule has 1 unspecified atom stereocenters. The van der Waals surface area contributed by atoms with Crippen LogP contribution in [0.2, 0.25) is 5.02 Å². The van der Waals surface area contributed by atoms with E-state index in [1.165, 1.54) is 17.9 Å². The first kappa shape index (κ1) is 29.9. The minimum Gasteiger partial charge on any atom is -0.322 e. The van der Waals surface area contributed by atoms with Gasteiger partial charge in [0.05, 0.1) is 16.2 Å². The van der Waals surface area contributed by atoms with Gasteiger partial charge in [-0.1, -0.05) is 17.7 Å². The fourth-order valence-corrected chi connectivity index (χ4v) is 6.61. The van der Waals surface area contributed by atoms with Crippen molar-refractivity contribution in [1.29, 1.82) is 0 Å². The highest BCUT2D eigenvalue weighted by atomic mass is 35.5. The smallest absolute Gasteiger partial charge is 0.259 e. The fourth-order valence-electron chi connectivity index (χ4n) is 5.76. The van der Waals surface area contributed by atoms with Crippen molar-refractivity contribution in [2.75, 3.05) is 37.8 Å². The molecule has 8 nitrogen and oxygen atoms in total. The summed E-state index contributed by atoms with van der Waals surface area (Å²) in [4.78, 5) is 35.1. The normalized spacial score (nSPS) is 16.8. The lowest BCUT2D eigenvalue weighted by molar-refractivity contribution is 0.0818. The molecule has 2 amide bonds. The van der Waals surface area contributed by atoms with Crippen LogP contribution >= 0.6 is 11.6 Å². The van der Waals surface area contributed by atoms with Crippen molar-refractivity contribution in [3.05, 3.63) is 99.0 Å². The maximum Gasteiger partial charge on any atom is 0.259 e. The Hall–Kier alpha value is -3.53. The molecule has 220 valence electrons. The molecule has 2 aliphatic heterocycles. The largest absolute Gasteiger partial charge is 0.322 e. The Balaban J connectivity index is 1.24. The summed E-state index contributed by atoms with van der Waals surface area (Å²) in [5.41, 5.74) is 6.21. The number of hydrogen-bond acceptors (Lipinski definition) is 6. The molecule has 10 heteroatoms. The second-order valence-corrected chi connectivity index (χ2v) is 13.7. The van der Waals surface area contributed by atoms with Gasteiger partial charge in [-0.2, -0.15) is 0 Å². The Morgan fingerprint density at radius 3 is 2.52 bits per heavy atom. The summed E-state index contributed by atoms with van der Waals surface area (Å²) in [6, 6.07) is 11.9. The number of hydrogen-bond donors (Lipinski definition) is 1. The topological polar surface area (TPSA) is 99.7 Å². The monoisotopic (exact) mass is 606 g/mol. The number of pyridine rings is 1. The standard InChI is InChI=1S/C32H35ClN4O4S/c1-20-7-8-26(15-29(20)33)35-31(38)28-10-9-27(42(4,40)41)14-23(28)6-5-13-36-16-24-18-37(19-25(24)17-36)32(39)30-21(2)11-12-34-22(30)3/h7-12,14-15,18,25H,5-6,13,16-17,19H2,1-4H3,(H,35,38). The van der Waals surface area contributed by atoms with Crippen molar-refractivity contribution in [2.45, 2.75) is 38.5 Å². The summed E-state index contributed by atoms with van der Waals surface area (Å²) in [6.45, 7) is 8.77. The molecular formula is C32H35ClN4O4S. The number of carbonyl (C=O) groups excluding carboxylic acids is 2. The summed E-state index contributed by atoms with van der Waals surface area (Å²) in [6.07, 6.45) is 6.19. The number of likely N-dealkylation sites (tertiary alicyclic amines) is 1. The second kappa shape index (κ2) is 12.0. The van der Waals surface area contributed by atoms with Crippen molar-refractivity contribution in [1.82, 2.24) is 14.8 Å². The van der Waals surface area contributed by atoms with Crippen LogP contribution in [0, 0.1) is 26.7 Å². The van der Waals surface area contributed by atoms with E-state index in [4.69, 9.17) is 11.6 Å². The van der Waals surface area contributed by atoms with E-state index in [1.807, 2.05) is 44.0 Å². The predicted octanol–water partition coefficient (Wildman–Crippen LogP) is 5.22. The number of nitrogens with zero attached hydrogens (tertiary/aromatic N) is 3. The van der Waals surface area contributed by atoms with Gasteiger partial charge < -0.3 is 10.2 Å². The van der Waals surface area contributed by atoms with Crippen LogP contribution in [0.15, 0.2) is 65.3 Å². The minimum absolute atomic E-state index is 0.00368. The van der Waals surface area contributed by atoms with Crippen LogP contribution in [0.25, 0.3) is 0 Å². The molecule has 1 fully saturated rings. The summed E-state index contributed by atoms with van der Waals surface area (Å²) >= 11 is 6.23.